The standard InChI is InChI=1S/C16H22Cl2N6O2/c1-8(11(18)9(2)17)12-13(19)21-14(23-22-12)24-6-10(7-24)20-15(25)26-16(3,4)5/h10H,2,6-7H2,1,3-5H3,(H,20,25)(H2,19,21,23). The fourth-order valence-electron chi connectivity index (χ4n) is 2.24. The van der Waals surface area contributed by atoms with Crippen molar-refractivity contribution < 1.29 is 9.53 Å². The average Bonchev–Trinajstić information content (AvgIpc) is 2.47. The van der Waals surface area contributed by atoms with E-state index >= 15 is 0 Å². The predicted molar refractivity (Wildman–Crippen MR) is 103 cm³/mol. The molecule has 1 fully saturated rings. The Kier molecular flexibility index (Phi) is 5.98. The fourth-order valence-corrected chi connectivity index (χ4v) is 2.48. The van der Waals surface area contributed by atoms with E-state index in [1.54, 1.807) is 6.92 Å². The number of rotatable bonds is 4. The van der Waals surface area contributed by atoms with Crippen LogP contribution in [-0.2, 0) is 4.74 Å². The minimum absolute atomic E-state index is 0.0509. The molecule has 1 saturated heterocycles. The number of allylic oxidation sites excluding steroid dienone is 3. The van der Waals surface area contributed by atoms with Crippen LogP contribution < -0.4 is 16.0 Å². The van der Waals surface area contributed by atoms with E-state index in [-0.39, 0.29) is 21.9 Å². The molecule has 0 aliphatic carbocycles. The number of hydrogen-bond donors (Lipinski definition) is 2. The molecule has 1 amide bonds. The van der Waals surface area contributed by atoms with Gasteiger partial charge in [0.1, 0.15) is 11.3 Å². The molecular weight excluding hydrogens is 379 g/mol. The summed E-state index contributed by atoms with van der Waals surface area (Å²) >= 11 is 11.9. The number of alkyl carbamates (subject to hydrolysis) is 1. The number of hydrogen-bond acceptors (Lipinski definition) is 7. The fraction of sp³-hybridized carbons (Fsp3) is 0.500. The zero-order valence-corrected chi connectivity index (χ0v) is 16.6. The summed E-state index contributed by atoms with van der Waals surface area (Å²) in [4.78, 5) is 17.8. The number of nitrogens with one attached hydrogen (secondary N) is 1. The van der Waals surface area contributed by atoms with Crippen molar-refractivity contribution in [3.8, 4) is 0 Å². The number of carbonyl (C=O) groups is 1. The number of halogens is 2. The van der Waals surface area contributed by atoms with Crippen LogP contribution in [0.25, 0.3) is 5.57 Å². The van der Waals surface area contributed by atoms with Gasteiger partial charge in [-0.15, -0.1) is 10.2 Å². The van der Waals surface area contributed by atoms with Gasteiger partial charge in [0, 0.05) is 18.7 Å². The van der Waals surface area contributed by atoms with E-state index in [2.05, 4.69) is 27.1 Å². The molecule has 0 saturated carbocycles. The van der Waals surface area contributed by atoms with Gasteiger partial charge < -0.3 is 20.7 Å². The number of nitrogen functional groups attached to an aromatic ring is 1. The molecule has 1 aliphatic rings. The number of ether oxygens (including phenoxy) is 1. The Labute approximate surface area is 162 Å². The normalized spacial score (nSPS) is 15.8. The van der Waals surface area contributed by atoms with Crippen LogP contribution in [0.4, 0.5) is 16.6 Å². The van der Waals surface area contributed by atoms with Crippen LogP contribution in [0.1, 0.15) is 33.4 Å². The molecule has 2 heterocycles. The van der Waals surface area contributed by atoms with Gasteiger partial charge in [0.05, 0.1) is 16.1 Å². The molecule has 8 nitrogen and oxygen atoms in total. The predicted octanol–water partition coefficient (Wildman–Crippen LogP) is 2.89. The van der Waals surface area contributed by atoms with Crippen LogP contribution in [0.5, 0.6) is 0 Å². The van der Waals surface area contributed by atoms with Crippen LogP contribution >= 0.6 is 23.2 Å². The number of anilines is 2. The van der Waals surface area contributed by atoms with Crippen LogP contribution in [0.2, 0.25) is 0 Å². The van der Waals surface area contributed by atoms with Crippen molar-refractivity contribution >= 4 is 46.6 Å². The van der Waals surface area contributed by atoms with E-state index < -0.39 is 11.7 Å². The third-order valence-electron chi connectivity index (χ3n) is 3.51. The monoisotopic (exact) mass is 400 g/mol. The molecule has 2 rings (SSSR count). The maximum atomic E-state index is 11.7. The maximum absolute atomic E-state index is 11.7. The van der Waals surface area contributed by atoms with Crippen molar-refractivity contribution in [3.63, 3.8) is 0 Å². The summed E-state index contributed by atoms with van der Waals surface area (Å²) in [5.41, 5.74) is 6.33. The Morgan fingerprint density at radius 2 is 1.96 bits per heavy atom. The lowest BCUT2D eigenvalue weighted by Crippen LogP contribution is -2.60. The molecule has 0 unspecified atom stereocenters. The Balaban J connectivity index is 1.99. The molecule has 10 heteroatoms. The lowest BCUT2D eigenvalue weighted by molar-refractivity contribution is 0.0495. The molecule has 0 radical (unpaired) electrons. The van der Waals surface area contributed by atoms with Crippen LogP contribution in [0.3, 0.4) is 0 Å². The third kappa shape index (κ3) is 4.98. The molecule has 142 valence electrons. The van der Waals surface area contributed by atoms with E-state index in [0.717, 1.165) is 0 Å². The highest BCUT2D eigenvalue weighted by atomic mass is 35.5. The summed E-state index contributed by atoms with van der Waals surface area (Å²) in [7, 11) is 0. The van der Waals surface area contributed by atoms with Gasteiger partial charge in [-0.2, -0.15) is 4.98 Å². The zero-order valence-electron chi connectivity index (χ0n) is 15.1. The third-order valence-corrected chi connectivity index (χ3v) is 4.31. The Bertz CT molecular complexity index is 754. The van der Waals surface area contributed by atoms with Crippen molar-refractivity contribution in [2.45, 2.75) is 39.3 Å². The Morgan fingerprint density at radius 3 is 2.46 bits per heavy atom. The largest absolute Gasteiger partial charge is 0.444 e. The highest BCUT2D eigenvalue weighted by molar-refractivity contribution is 6.45. The van der Waals surface area contributed by atoms with Gasteiger partial charge in [-0.05, 0) is 27.7 Å². The van der Waals surface area contributed by atoms with Gasteiger partial charge in [-0.25, -0.2) is 4.79 Å². The summed E-state index contributed by atoms with van der Waals surface area (Å²) in [6.07, 6.45) is -0.451. The van der Waals surface area contributed by atoms with E-state index in [4.69, 9.17) is 33.7 Å². The topological polar surface area (TPSA) is 106 Å². The summed E-state index contributed by atoms with van der Waals surface area (Å²) in [5.74, 6) is 0.564. The molecule has 26 heavy (non-hydrogen) atoms. The maximum Gasteiger partial charge on any atom is 0.407 e. The summed E-state index contributed by atoms with van der Waals surface area (Å²) in [5, 5.41) is 11.4. The number of carbonyl (C=O) groups excluding carboxylic acids is 1. The summed E-state index contributed by atoms with van der Waals surface area (Å²) in [6.45, 7) is 11.8. The van der Waals surface area contributed by atoms with E-state index in [9.17, 15) is 4.79 Å². The molecule has 1 aromatic heterocycles. The smallest absolute Gasteiger partial charge is 0.407 e. The van der Waals surface area contributed by atoms with Gasteiger partial charge in [0.2, 0.25) is 5.95 Å². The van der Waals surface area contributed by atoms with Crippen molar-refractivity contribution in [3.05, 3.63) is 22.3 Å². The van der Waals surface area contributed by atoms with Gasteiger partial charge in [-0.3, -0.25) is 0 Å². The van der Waals surface area contributed by atoms with Crippen LogP contribution in [-0.4, -0.2) is 46.0 Å². The minimum atomic E-state index is -0.536. The second-order valence-electron chi connectivity index (χ2n) is 6.94. The highest BCUT2D eigenvalue weighted by Gasteiger charge is 2.32. The second-order valence-corrected chi connectivity index (χ2v) is 7.77. The van der Waals surface area contributed by atoms with Gasteiger partial charge in [0.15, 0.2) is 5.82 Å². The first-order chi connectivity index (χ1) is 12.0. The quantitative estimate of drug-likeness (QED) is 0.748. The molecule has 0 atom stereocenters. The molecule has 0 spiro atoms. The molecule has 1 aromatic rings. The Morgan fingerprint density at radius 1 is 1.35 bits per heavy atom. The van der Waals surface area contributed by atoms with E-state index in [0.29, 0.717) is 30.3 Å². The first-order valence-corrected chi connectivity index (χ1v) is 8.69. The minimum Gasteiger partial charge on any atom is -0.444 e. The SMILES string of the molecule is C=C(Cl)C(Cl)=C(C)c1nnc(N2CC(NC(=O)OC(C)(C)C)C2)nc1N. The molecule has 0 aromatic carbocycles. The lowest BCUT2D eigenvalue weighted by Gasteiger charge is -2.39. The lowest BCUT2D eigenvalue weighted by atomic mass is 10.1. The van der Waals surface area contributed by atoms with Gasteiger partial charge in [0.25, 0.3) is 0 Å². The van der Waals surface area contributed by atoms with E-state index in [1.165, 1.54) is 0 Å². The van der Waals surface area contributed by atoms with E-state index in [1.807, 2.05) is 25.7 Å². The molecule has 3 N–H and O–H groups in total. The number of amides is 1. The number of nitrogens with zero attached hydrogens (tertiary/aromatic N) is 4. The summed E-state index contributed by atoms with van der Waals surface area (Å²) < 4.78 is 5.22. The number of aromatic nitrogens is 3. The van der Waals surface area contributed by atoms with Crippen molar-refractivity contribution in [1.82, 2.24) is 20.5 Å². The Hall–Kier alpha value is -2.06. The molecular formula is C16H22Cl2N6O2. The van der Waals surface area contributed by atoms with Crippen LogP contribution in [0.15, 0.2) is 16.6 Å². The van der Waals surface area contributed by atoms with Crippen molar-refractivity contribution in [2.75, 3.05) is 23.7 Å². The first kappa shape index (κ1) is 20.3. The van der Waals surface area contributed by atoms with Crippen molar-refractivity contribution in [1.29, 1.82) is 0 Å². The zero-order chi connectivity index (χ0) is 19.6. The highest BCUT2D eigenvalue weighted by Crippen LogP contribution is 2.29. The second kappa shape index (κ2) is 7.67. The molecule has 0 bridgehead atoms. The first-order valence-electron chi connectivity index (χ1n) is 7.94. The molecule has 1 aliphatic heterocycles. The summed E-state index contributed by atoms with van der Waals surface area (Å²) in [6, 6.07) is -0.0509. The average molecular weight is 401 g/mol. The van der Waals surface area contributed by atoms with Gasteiger partial charge >= 0.3 is 6.09 Å². The van der Waals surface area contributed by atoms with Gasteiger partial charge in [-0.1, -0.05) is 29.8 Å². The number of nitrogens with two attached hydrogens (primary N) is 1. The van der Waals surface area contributed by atoms with Crippen LogP contribution in [0, 0.1) is 0 Å². The van der Waals surface area contributed by atoms with Crippen molar-refractivity contribution in [2.24, 2.45) is 0 Å².